The second-order valence-electron chi connectivity index (χ2n) is 9.80. The molecule has 1 aliphatic carbocycles. The number of carbonyl (C=O) groups excluding carboxylic acids is 2. The summed E-state index contributed by atoms with van der Waals surface area (Å²) >= 11 is 0. The largest absolute Gasteiger partial charge is 0.353 e. The molecule has 1 aliphatic heterocycles. The molecule has 2 aromatic rings. The van der Waals surface area contributed by atoms with Gasteiger partial charge in [0.2, 0.25) is 11.8 Å². The van der Waals surface area contributed by atoms with Crippen molar-refractivity contribution in [1.82, 2.24) is 20.2 Å². The smallest absolute Gasteiger partial charge is 0.227 e. The van der Waals surface area contributed by atoms with Crippen LogP contribution in [0.25, 0.3) is 0 Å². The van der Waals surface area contributed by atoms with Crippen LogP contribution in [0.1, 0.15) is 78.3 Å². The summed E-state index contributed by atoms with van der Waals surface area (Å²) in [4.78, 5) is 37.0. The van der Waals surface area contributed by atoms with E-state index in [1.807, 2.05) is 30.9 Å². The van der Waals surface area contributed by atoms with Crippen molar-refractivity contribution in [3.8, 4) is 0 Å². The molecule has 0 spiro atoms. The fraction of sp³-hybridized carbons (Fsp3) is 0.556. The van der Waals surface area contributed by atoms with Crippen molar-refractivity contribution in [2.75, 3.05) is 13.1 Å². The number of likely N-dealkylation sites (tertiary alicyclic amines) is 1. The molecule has 0 radical (unpaired) electrons. The highest BCUT2D eigenvalue weighted by Gasteiger charge is 2.28. The third-order valence-electron chi connectivity index (χ3n) is 7.11. The van der Waals surface area contributed by atoms with E-state index in [0.29, 0.717) is 25.4 Å². The molecule has 2 amide bonds. The summed E-state index contributed by atoms with van der Waals surface area (Å²) in [5, 5.41) is 3.16. The van der Waals surface area contributed by atoms with Crippen LogP contribution in [0.5, 0.6) is 0 Å². The average molecular weight is 449 g/mol. The maximum atomic E-state index is 12.9. The third-order valence-corrected chi connectivity index (χ3v) is 7.11. The predicted octanol–water partition coefficient (Wildman–Crippen LogP) is 3.95. The molecule has 1 saturated heterocycles. The van der Waals surface area contributed by atoms with Crippen LogP contribution in [-0.2, 0) is 22.4 Å². The summed E-state index contributed by atoms with van der Waals surface area (Å²) in [7, 11) is 0. The Kier molecular flexibility index (Phi) is 7.41. The third kappa shape index (κ3) is 5.98. The van der Waals surface area contributed by atoms with E-state index in [0.717, 1.165) is 60.6 Å². The Bertz CT molecular complexity index is 973. The molecule has 0 bridgehead atoms. The standard InChI is InChI=1S/C27H36N4O2/c1-18-10-12-21(13-11-18)15-26(33)31-14-6-7-22(17-31)27-28-19(2)24(20(3)29-27)16-25(32)30-23-8-4-5-9-23/h10-13,22-23H,4-9,14-17H2,1-3H3,(H,30,32). The molecule has 33 heavy (non-hydrogen) atoms. The normalized spacial score (nSPS) is 19.0. The SMILES string of the molecule is Cc1ccc(CC(=O)N2CCCC(c3nc(C)c(CC(=O)NC4CCCC4)c(C)n3)C2)cc1. The molecular formula is C27H36N4O2. The monoisotopic (exact) mass is 448 g/mol. The van der Waals surface area contributed by atoms with Crippen molar-refractivity contribution < 1.29 is 9.59 Å². The van der Waals surface area contributed by atoms with Crippen molar-refractivity contribution in [2.24, 2.45) is 0 Å². The first-order valence-corrected chi connectivity index (χ1v) is 12.4. The van der Waals surface area contributed by atoms with Gasteiger partial charge < -0.3 is 10.2 Å². The molecule has 6 heteroatoms. The maximum Gasteiger partial charge on any atom is 0.227 e. The zero-order valence-electron chi connectivity index (χ0n) is 20.2. The number of nitrogens with one attached hydrogen (secondary N) is 1. The number of amides is 2. The lowest BCUT2D eigenvalue weighted by atomic mass is 9.95. The van der Waals surface area contributed by atoms with Gasteiger partial charge in [-0.15, -0.1) is 0 Å². The van der Waals surface area contributed by atoms with Crippen molar-refractivity contribution in [2.45, 2.75) is 84.1 Å². The van der Waals surface area contributed by atoms with Crippen LogP contribution in [0.4, 0.5) is 0 Å². The molecule has 4 rings (SSSR count). The predicted molar refractivity (Wildman–Crippen MR) is 129 cm³/mol. The van der Waals surface area contributed by atoms with Gasteiger partial charge in [0.25, 0.3) is 0 Å². The van der Waals surface area contributed by atoms with Gasteiger partial charge in [0.15, 0.2) is 0 Å². The van der Waals surface area contributed by atoms with Crippen LogP contribution in [0, 0.1) is 20.8 Å². The molecule has 176 valence electrons. The van der Waals surface area contributed by atoms with Crippen LogP contribution in [-0.4, -0.2) is 45.8 Å². The number of aryl methyl sites for hydroxylation is 3. The Morgan fingerprint density at radius 1 is 0.939 bits per heavy atom. The van der Waals surface area contributed by atoms with E-state index in [1.165, 1.54) is 18.4 Å². The number of hydrogen-bond donors (Lipinski definition) is 1. The molecule has 1 saturated carbocycles. The first-order chi connectivity index (χ1) is 15.9. The van der Waals surface area contributed by atoms with E-state index in [-0.39, 0.29) is 17.7 Å². The number of piperidine rings is 1. The van der Waals surface area contributed by atoms with Gasteiger partial charge in [0, 0.05) is 42.0 Å². The number of carbonyl (C=O) groups is 2. The number of hydrogen-bond acceptors (Lipinski definition) is 4. The molecule has 1 atom stereocenters. The van der Waals surface area contributed by atoms with Gasteiger partial charge >= 0.3 is 0 Å². The van der Waals surface area contributed by atoms with Crippen molar-refractivity contribution in [3.05, 3.63) is 58.2 Å². The van der Waals surface area contributed by atoms with E-state index in [1.54, 1.807) is 0 Å². The highest BCUT2D eigenvalue weighted by Crippen LogP contribution is 2.27. The minimum atomic E-state index is 0.0648. The summed E-state index contributed by atoms with van der Waals surface area (Å²) in [5.41, 5.74) is 4.93. The highest BCUT2D eigenvalue weighted by molar-refractivity contribution is 5.79. The minimum absolute atomic E-state index is 0.0648. The summed E-state index contributed by atoms with van der Waals surface area (Å²) < 4.78 is 0. The van der Waals surface area contributed by atoms with E-state index < -0.39 is 0 Å². The first-order valence-electron chi connectivity index (χ1n) is 12.4. The number of nitrogens with zero attached hydrogens (tertiary/aromatic N) is 3. The lowest BCUT2D eigenvalue weighted by Gasteiger charge is -2.32. The number of benzene rings is 1. The second kappa shape index (κ2) is 10.4. The summed E-state index contributed by atoms with van der Waals surface area (Å²) in [6.45, 7) is 7.45. The Morgan fingerprint density at radius 2 is 1.61 bits per heavy atom. The van der Waals surface area contributed by atoms with Crippen molar-refractivity contribution >= 4 is 11.8 Å². The Balaban J connectivity index is 1.39. The van der Waals surface area contributed by atoms with E-state index in [9.17, 15) is 9.59 Å². The zero-order chi connectivity index (χ0) is 23.4. The molecule has 2 fully saturated rings. The summed E-state index contributed by atoms with van der Waals surface area (Å²) in [6, 6.07) is 8.50. The Labute approximate surface area is 197 Å². The quantitative estimate of drug-likeness (QED) is 0.726. The van der Waals surface area contributed by atoms with Crippen molar-refractivity contribution in [3.63, 3.8) is 0 Å². The fourth-order valence-corrected chi connectivity index (χ4v) is 5.12. The lowest BCUT2D eigenvalue weighted by Crippen LogP contribution is -2.40. The van der Waals surface area contributed by atoms with Crippen molar-refractivity contribution in [1.29, 1.82) is 0 Å². The lowest BCUT2D eigenvalue weighted by molar-refractivity contribution is -0.131. The van der Waals surface area contributed by atoms with E-state index in [4.69, 9.17) is 9.97 Å². The second-order valence-corrected chi connectivity index (χ2v) is 9.80. The molecular weight excluding hydrogens is 412 g/mol. The van der Waals surface area contributed by atoms with Gasteiger partial charge in [0.1, 0.15) is 5.82 Å². The molecule has 2 aliphatic rings. The Morgan fingerprint density at radius 3 is 2.27 bits per heavy atom. The van der Waals surface area contributed by atoms with E-state index >= 15 is 0 Å². The van der Waals surface area contributed by atoms with Crippen LogP contribution in [0.3, 0.4) is 0 Å². The average Bonchev–Trinajstić information content (AvgIpc) is 3.30. The van der Waals surface area contributed by atoms with Gasteiger partial charge in [0.05, 0.1) is 12.8 Å². The molecule has 1 unspecified atom stereocenters. The maximum absolute atomic E-state index is 12.9. The highest BCUT2D eigenvalue weighted by atomic mass is 16.2. The van der Waals surface area contributed by atoms with Gasteiger partial charge in [-0.1, -0.05) is 42.7 Å². The van der Waals surface area contributed by atoms with Gasteiger partial charge in [-0.2, -0.15) is 0 Å². The first kappa shape index (κ1) is 23.4. The van der Waals surface area contributed by atoms with E-state index in [2.05, 4.69) is 24.4 Å². The molecule has 2 heterocycles. The molecule has 1 N–H and O–H groups in total. The number of aromatic nitrogens is 2. The summed E-state index contributed by atoms with van der Waals surface area (Å²) in [6.07, 6.45) is 7.27. The molecule has 1 aromatic carbocycles. The van der Waals surface area contributed by atoms with Gasteiger partial charge in [-0.3, -0.25) is 9.59 Å². The summed E-state index contributed by atoms with van der Waals surface area (Å²) in [5.74, 6) is 1.17. The van der Waals surface area contributed by atoms with Crippen LogP contribution in [0.15, 0.2) is 24.3 Å². The fourth-order valence-electron chi connectivity index (χ4n) is 5.12. The zero-order valence-corrected chi connectivity index (χ0v) is 20.2. The molecule has 1 aromatic heterocycles. The van der Waals surface area contributed by atoms with Gasteiger partial charge in [-0.25, -0.2) is 9.97 Å². The molecule has 6 nitrogen and oxygen atoms in total. The Hall–Kier alpha value is -2.76. The van der Waals surface area contributed by atoms with Crippen LogP contribution >= 0.6 is 0 Å². The van der Waals surface area contributed by atoms with Crippen LogP contribution in [0.2, 0.25) is 0 Å². The van der Waals surface area contributed by atoms with Gasteiger partial charge in [-0.05, 0) is 52.0 Å². The number of rotatable bonds is 6. The minimum Gasteiger partial charge on any atom is -0.353 e. The topological polar surface area (TPSA) is 75.2 Å². The van der Waals surface area contributed by atoms with Crippen LogP contribution < -0.4 is 5.32 Å².